The van der Waals surface area contributed by atoms with Crippen LogP contribution in [0.2, 0.25) is 0 Å². The minimum atomic E-state index is -4.82. The molecule has 0 aromatic heterocycles. The molecule has 0 aromatic rings. The third kappa shape index (κ3) is 5.35. The van der Waals surface area contributed by atoms with Crippen LogP contribution in [-0.2, 0) is 17.1 Å². The summed E-state index contributed by atoms with van der Waals surface area (Å²) in [5, 5.41) is 0. The van der Waals surface area contributed by atoms with Gasteiger partial charge in [-0.1, -0.05) is 0 Å². The van der Waals surface area contributed by atoms with E-state index in [1.54, 1.807) is 0 Å². The molecule has 0 saturated heterocycles. The second-order valence-electron chi connectivity index (χ2n) is 0.610. The van der Waals surface area contributed by atoms with Crippen molar-refractivity contribution in [3.63, 3.8) is 0 Å². The average molecular weight is 363 g/mol. The molecule has 0 aliphatic heterocycles. The van der Waals surface area contributed by atoms with Crippen LogP contribution in [0, 0.1) is 19.6 Å². The van der Waals surface area contributed by atoms with Crippen molar-refractivity contribution in [2.75, 3.05) is 0 Å². The monoisotopic (exact) mass is 363 g/mol. The van der Waals surface area contributed by atoms with Crippen LogP contribution >= 0.6 is 0 Å². The van der Waals surface area contributed by atoms with E-state index in [1.807, 2.05) is 14.9 Å². The Morgan fingerprint density at radius 3 is 0.818 bits per heavy atom. The fourth-order valence-corrected chi connectivity index (χ4v) is 0.518. The van der Waals surface area contributed by atoms with Gasteiger partial charge in [-0.2, -0.15) is 0 Å². The maximum absolute atomic E-state index is 9.47. The normalized spacial score (nSPS) is 9.45. The minimum absolute atomic E-state index is 0. The Bertz CT molecular complexity index is 123. The van der Waals surface area contributed by atoms with Gasteiger partial charge >= 0.3 is 111 Å². The second kappa shape index (κ2) is 9.18. The molecule has 0 radical (unpaired) electrons. The summed E-state index contributed by atoms with van der Waals surface area (Å²) in [6, 6.07) is 0. The summed E-state index contributed by atoms with van der Waals surface area (Å²) >= 11 is -4.82. The average Bonchev–Trinajstić information content (AvgIpc) is 1.95. The van der Waals surface area contributed by atoms with Gasteiger partial charge in [-0.05, 0) is 0 Å². The molecule has 0 fully saturated rings. The number of hydrogen-bond acceptors (Lipinski definition) is 8. The molecule has 0 aliphatic carbocycles. The van der Waals surface area contributed by atoms with Crippen molar-refractivity contribution in [2.45, 2.75) is 0 Å². The van der Waals surface area contributed by atoms with Crippen LogP contribution in [0.25, 0.3) is 0 Å². The van der Waals surface area contributed by atoms with Gasteiger partial charge in [-0.15, -0.1) is 0 Å². The molecule has 11 heteroatoms. The molecular formula is H2N4Na2O4Pt. The number of nitroso groups, excluding NO2 is 4. The molecule has 0 N–H and O–H groups in total. The zero-order chi connectivity index (χ0) is 7.33. The SMILES string of the molecule is O=[N][Pt]([N]=O)([N]=O)[N]=O.[NaH].[NaH]. The molecule has 0 amide bonds. The molecule has 0 saturated carbocycles. The summed E-state index contributed by atoms with van der Waals surface area (Å²) in [6.45, 7) is 0. The Kier molecular flexibility index (Phi) is 15.0. The summed E-state index contributed by atoms with van der Waals surface area (Å²) in [6.07, 6.45) is 0. The third-order valence-corrected chi connectivity index (χ3v) is 2.54. The van der Waals surface area contributed by atoms with Crippen molar-refractivity contribution < 1.29 is 17.1 Å². The van der Waals surface area contributed by atoms with Gasteiger partial charge in [-0.3, -0.25) is 0 Å². The Balaban J connectivity index is -0.000000320. The van der Waals surface area contributed by atoms with Gasteiger partial charge in [0, 0.05) is 0 Å². The molecule has 0 spiro atoms. The third-order valence-electron chi connectivity index (χ3n) is 0.310. The molecule has 0 unspecified atom stereocenters. The van der Waals surface area contributed by atoms with Crippen LogP contribution < -0.4 is 0 Å². The number of hydrogen-bond donors (Lipinski definition) is 0. The molecule has 0 bridgehead atoms. The number of nitrogens with zero attached hydrogens (tertiary/aromatic N) is 4. The first-order chi connectivity index (χ1) is 4.24. The van der Waals surface area contributed by atoms with E-state index in [1.165, 1.54) is 0 Å². The molecular weight excluding hydrogens is 361 g/mol. The Labute approximate surface area is 109 Å². The zero-order valence-corrected chi connectivity index (χ0v) is 6.01. The summed E-state index contributed by atoms with van der Waals surface area (Å²) in [4.78, 5) is 37.9. The quantitative estimate of drug-likeness (QED) is 0.497. The van der Waals surface area contributed by atoms with Gasteiger partial charge in [0.25, 0.3) is 0 Å². The van der Waals surface area contributed by atoms with Crippen molar-refractivity contribution in [3.8, 4) is 0 Å². The predicted molar refractivity (Wildman–Crippen MR) is 37.5 cm³/mol. The molecule has 0 heterocycles. The Morgan fingerprint density at radius 1 is 0.636 bits per heavy atom. The molecule has 11 heavy (non-hydrogen) atoms. The zero-order valence-electron chi connectivity index (χ0n) is 3.74. The van der Waals surface area contributed by atoms with Crippen LogP contribution in [0.4, 0.5) is 0 Å². The second-order valence-corrected chi connectivity index (χ2v) is 5.00. The Hall–Kier alpha value is 1.09. The van der Waals surface area contributed by atoms with Gasteiger partial charge in [0.1, 0.15) is 0 Å². The van der Waals surface area contributed by atoms with Crippen LogP contribution in [0.1, 0.15) is 0 Å². The molecule has 0 atom stereocenters. The fourth-order valence-electron chi connectivity index (χ4n) is 0.0632. The first-order valence-electron chi connectivity index (χ1n) is 1.30. The van der Waals surface area contributed by atoms with Gasteiger partial charge in [0.2, 0.25) is 0 Å². The summed E-state index contributed by atoms with van der Waals surface area (Å²) < 4.78 is 7.47. The van der Waals surface area contributed by atoms with Crippen LogP contribution in [0.5, 0.6) is 0 Å². The van der Waals surface area contributed by atoms with E-state index in [-0.39, 0.29) is 59.1 Å². The van der Waals surface area contributed by atoms with E-state index >= 15 is 0 Å². The topological polar surface area (TPSA) is 118 Å². The molecule has 8 nitrogen and oxygen atoms in total. The van der Waals surface area contributed by atoms with E-state index in [0.717, 1.165) is 0 Å². The summed E-state index contributed by atoms with van der Waals surface area (Å²) in [5.41, 5.74) is 0. The molecule has 0 aliphatic rings. The fraction of sp³-hybridized carbons (Fsp3) is 0. The Morgan fingerprint density at radius 2 is 0.818 bits per heavy atom. The standard InChI is InChI=1S/4NO.2Na.Pt.2H/c4*1-2;;;;;/q4*-1;;;+4;;. The van der Waals surface area contributed by atoms with E-state index in [4.69, 9.17) is 0 Å². The molecule has 0 aromatic carbocycles. The van der Waals surface area contributed by atoms with Crippen LogP contribution in [0.3, 0.4) is 0 Å². The van der Waals surface area contributed by atoms with Crippen LogP contribution in [-0.4, -0.2) is 59.1 Å². The van der Waals surface area contributed by atoms with Gasteiger partial charge in [-0.25, -0.2) is 0 Å². The predicted octanol–water partition coefficient (Wildman–Crippen LogP) is -0.431. The first-order valence-corrected chi connectivity index (χ1v) is 5.36. The molecule has 58 valence electrons. The summed E-state index contributed by atoms with van der Waals surface area (Å²) in [5.74, 6) is 0. The van der Waals surface area contributed by atoms with Gasteiger partial charge < -0.3 is 0 Å². The molecule has 0 rings (SSSR count). The van der Waals surface area contributed by atoms with Crippen molar-refractivity contribution in [1.82, 2.24) is 0 Å². The number of rotatable bonds is 4. The van der Waals surface area contributed by atoms with E-state index in [2.05, 4.69) is 0 Å². The van der Waals surface area contributed by atoms with E-state index in [0.29, 0.717) is 0 Å². The van der Waals surface area contributed by atoms with E-state index < -0.39 is 17.1 Å². The van der Waals surface area contributed by atoms with Crippen molar-refractivity contribution in [2.24, 2.45) is 14.9 Å². The van der Waals surface area contributed by atoms with Crippen molar-refractivity contribution >= 4 is 59.1 Å². The van der Waals surface area contributed by atoms with Crippen LogP contribution in [0.15, 0.2) is 14.9 Å². The van der Waals surface area contributed by atoms with Crippen molar-refractivity contribution in [1.29, 1.82) is 0 Å². The van der Waals surface area contributed by atoms with E-state index in [9.17, 15) is 19.6 Å². The first kappa shape index (κ1) is 18.0. The van der Waals surface area contributed by atoms with Crippen molar-refractivity contribution in [3.05, 3.63) is 19.6 Å². The van der Waals surface area contributed by atoms with Gasteiger partial charge in [0.05, 0.1) is 0 Å². The van der Waals surface area contributed by atoms with Gasteiger partial charge in [0.15, 0.2) is 0 Å². The summed E-state index contributed by atoms with van der Waals surface area (Å²) in [7, 11) is 0. The maximum atomic E-state index is 9.47.